The highest BCUT2D eigenvalue weighted by Gasteiger charge is 2.42. The molecule has 0 radical (unpaired) electrons. The molecule has 0 spiro atoms. The fourth-order valence-corrected chi connectivity index (χ4v) is 3.23. The molecule has 16 heavy (non-hydrogen) atoms. The average Bonchev–Trinajstić information content (AvgIpc) is 2.76. The molecule has 3 N–H and O–H groups in total. The second-order valence-electron chi connectivity index (χ2n) is 4.50. The van der Waals surface area contributed by atoms with E-state index in [1.54, 1.807) is 6.92 Å². The van der Waals surface area contributed by atoms with Gasteiger partial charge in [-0.05, 0) is 26.7 Å². The van der Waals surface area contributed by atoms with E-state index in [4.69, 9.17) is 10.2 Å². The highest BCUT2D eigenvalue weighted by Crippen LogP contribution is 2.36. The number of rotatable bonds is 4. The molecule has 2 rings (SSSR count). The number of hydrogen-bond acceptors (Lipinski definition) is 4. The summed E-state index contributed by atoms with van der Waals surface area (Å²) < 4.78 is 32.0. The number of sulfonamides is 1. The zero-order valence-electron chi connectivity index (χ0n) is 9.41. The molecule has 1 heterocycles. The first-order valence-electron chi connectivity index (χ1n) is 5.20. The zero-order chi connectivity index (χ0) is 12.0. The van der Waals surface area contributed by atoms with Crippen LogP contribution in [0.2, 0.25) is 0 Å². The number of nitrogens with one attached hydrogen (secondary N) is 1. The van der Waals surface area contributed by atoms with Gasteiger partial charge in [0.25, 0.3) is 0 Å². The van der Waals surface area contributed by atoms with Crippen molar-refractivity contribution in [2.45, 2.75) is 43.7 Å². The van der Waals surface area contributed by atoms with Crippen molar-refractivity contribution >= 4 is 10.0 Å². The maximum atomic E-state index is 12.0. The maximum absolute atomic E-state index is 12.0. The fraction of sp³-hybridized carbons (Fsp3) is 0.600. The van der Waals surface area contributed by atoms with Crippen molar-refractivity contribution in [3.8, 4) is 0 Å². The van der Waals surface area contributed by atoms with Gasteiger partial charge in [-0.2, -0.15) is 0 Å². The van der Waals surface area contributed by atoms with Gasteiger partial charge in [-0.3, -0.25) is 0 Å². The molecule has 6 heteroatoms. The van der Waals surface area contributed by atoms with Crippen LogP contribution in [0.1, 0.15) is 31.3 Å². The van der Waals surface area contributed by atoms with Crippen molar-refractivity contribution in [1.82, 2.24) is 4.72 Å². The van der Waals surface area contributed by atoms with Gasteiger partial charge in [0.05, 0.1) is 6.54 Å². The van der Waals surface area contributed by atoms with Crippen LogP contribution in [0.5, 0.6) is 0 Å². The van der Waals surface area contributed by atoms with E-state index in [0.717, 1.165) is 12.8 Å². The minimum Gasteiger partial charge on any atom is -0.464 e. The van der Waals surface area contributed by atoms with Gasteiger partial charge in [-0.15, -0.1) is 0 Å². The first-order valence-corrected chi connectivity index (χ1v) is 6.68. The minimum atomic E-state index is -3.47. The molecule has 1 saturated carbocycles. The van der Waals surface area contributed by atoms with Crippen LogP contribution in [-0.4, -0.2) is 14.0 Å². The third kappa shape index (κ3) is 2.14. The van der Waals surface area contributed by atoms with Gasteiger partial charge in [0, 0.05) is 11.6 Å². The Labute approximate surface area is 95.1 Å². The molecule has 0 amide bonds. The Balaban J connectivity index is 2.31. The molecule has 0 unspecified atom stereocenters. The molecule has 0 atom stereocenters. The lowest BCUT2D eigenvalue weighted by atomic mass is 10.4. The minimum absolute atomic E-state index is 0.195. The molecule has 0 saturated heterocycles. The van der Waals surface area contributed by atoms with Gasteiger partial charge in [-0.25, -0.2) is 13.1 Å². The lowest BCUT2D eigenvalue weighted by Crippen LogP contribution is -2.34. The number of aryl methyl sites for hydroxylation is 1. The Kier molecular flexibility index (Phi) is 2.60. The molecule has 0 bridgehead atoms. The van der Waals surface area contributed by atoms with E-state index in [1.807, 2.05) is 6.92 Å². The molecule has 0 aliphatic heterocycles. The third-order valence-electron chi connectivity index (χ3n) is 2.79. The lowest BCUT2D eigenvalue weighted by Gasteiger charge is -2.10. The van der Waals surface area contributed by atoms with Crippen LogP contribution in [0, 0.1) is 6.92 Å². The fourth-order valence-electron chi connectivity index (χ4n) is 1.56. The average molecular weight is 244 g/mol. The van der Waals surface area contributed by atoms with Crippen LogP contribution in [0.15, 0.2) is 15.4 Å². The monoisotopic (exact) mass is 244 g/mol. The highest BCUT2D eigenvalue weighted by atomic mass is 32.2. The molecule has 1 aromatic rings. The molecule has 90 valence electrons. The van der Waals surface area contributed by atoms with Gasteiger partial charge in [0.1, 0.15) is 16.4 Å². The van der Waals surface area contributed by atoms with Gasteiger partial charge in [0.15, 0.2) is 0 Å². The smallest absolute Gasteiger partial charge is 0.244 e. The van der Waals surface area contributed by atoms with Crippen LogP contribution in [0.4, 0.5) is 0 Å². The predicted octanol–water partition coefficient (Wildman–Crippen LogP) is 0.878. The van der Waals surface area contributed by atoms with Crippen LogP contribution in [0.25, 0.3) is 0 Å². The summed E-state index contributed by atoms with van der Waals surface area (Å²) in [6.07, 6.45) is 1.76. The zero-order valence-corrected chi connectivity index (χ0v) is 10.2. The van der Waals surface area contributed by atoms with E-state index >= 15 is 0 Å². The van der Waals surface area contributed by atoms with Crippen LogP contribution in [0.3, 0.4) is 0 Å². The number of hydrogen-bond donors (Lipinski definition) is 2. The normalized spacial score (nSPS) is 18.7. The van der Waals surface area contributed by atoms with Gasteiger partial charge >= 0.3 is 0 Å². The second kappa shape index (κ2) is 3.58. The maximum Gasteiger partial charge on any atom is 0.244 e. The summed E-state index contributed by atoms with van der Waals surface area (Å²) in [6, 6.07) is 1.49. The summed E-state index contributed by atoms with van der Waals surface area (Å²) in [4.78, 5) is 0.195. The topological polar surface area (TPSA) is 85.3 Å². The first-order chi connectivity index (χ1) is 7.36. The lowest BCUT2D eigenvalue weighted by molar-refractivity contribution is 0.478. The van der Waals surface area contributed by atoms with Gasteiger partial charge in [0.2, 0.25) is 10.0 Å². The van der Waals surface area contributed by atoms with Crippen molar-refractivity contribution in [3.05, 3.63) is 17.6 Å². The van der Waals surface area contributed by atoms with Crippen molar-refractivity contribution in [1.29, 1.82) is 0 Å². The van der Waals surface area contributed by atoms with E-state index in [2.05, 4.69) is 4.72 Å². The summed E-state index contributed by atoms with van der Waals surface area (Å²) >= 11 is 0. The summed E-state index contributed by atoms with van der Waals surface area (Å²) in [5.74, 6) is 0.871. The Hall–Kier alpha value is -0.850. The van der Waals surface area contributed by atoms with Crippen molar-refractivity contribution in [3.63, 3.8) is 0 Å². The molecular formula is C10H16N2O3S. The van der Waals surface area contributed by atoms with Gasteiger partial charge in [-0.1, -0.05) is 0 Å². The largest absolute Gasteiger partial charge is 0.464 e. The van der Waals surface area contributed by atoms with E-state index in [1.165, 1.54) is 6.07 Å². The van der Waals surface area contributed by atoms with Gasteiger partial charge < -0.3 is 10.2 Å². The molecule has 1 fully saturated rings. The Morgan fingerprint density at radius 1 is 1.56 bits per heavy atom. The molecule has 1 aromatic heterocycles. The Bertz CT molecular complexity index is 500. The summed E-state index contributed by atoms with van der Waals surface area (Å²) in [5, 5.41) is 0. The van der Waals surface area contributed by atoms with Crippen LogP contribution >= 0.6 is 0 Å². The summed E-state index contributed by atoms with van der Waals surface area (Å²) in [5.41, 5.74) is 5.13. The molecule has 0 aromatic carbocycles. The quantitative estimate of drug-likeness (QED) is 0.823. The highest BCUT2D eigenvalue weighted by molar-refractivity contribution is 7.89. The third-order valence-corrected chi connectivity index (χ3v) is 4.54. The molecule has 1 aliphatic rings. The van der Waals surface area contributed by atoms with Crippen LogP contribution < -0.4 is 10.5 Å². The summed E-state index contributed by atoms with van der Waals surface area (Å²) in [6.45, 7) is 3.72. The van der Waals surface area contributed by atoms with Crippen molar-refractivity contribution < 1.29 is 12.8 Å². The standard InChI is InChI=1S/C10H16N2O3S/c1-7-9(5-8(6-11)15-7)16(13,14)12-10(2)3-4-10/h5,12H,3-4,6,11H2,1-2H3. The van der Waals surface area contributed by atoms with Crippen molar-refractivity contribution in [2.24, 2.45) is 5.73 Å². The van der Waals surface area contributed by atoms with E-state index in [-0.39, 0.29) is 17.0 Å². The first kappa shape index (κ1) is 11.6. The predicted molar refractivity (Wildman–Crippen MR) is 59.3 cm³/mol. The van der Waals surface area contributed by atoms with Crippen molar-refractivity contribution in [2.75, 3.05) is 0 Å². The van der Waals surface area contributed by atoms with Crippen LogP contribution in [-0.2, 0) is 16.6 Å². The Morgan fingerprint density at radius 3 is 2.62 bits per heavy atom. The molecule has 1 aliphatic carbocycles. The number of furan rings is 1. The number of nitrogens with two attached hydrogens (primary N) is 1. The SMILES string of the molecule is Cc1oc(CN)cc1S(=O)(=O)NC1(C)CC1. The molecule has 5 nitrogen and oxygen atoms in total. The molecular weight excluding hydrogens is 228 g/mol. The van der Waals surface area contributed by atoms with E-state index in [9.17, 15) is 8.42 Å². The second-order valence-corrected chi connectivity index (χ2v) is 6.15. The Morgan fingerprint density at radius 2 is 2.19 bits per heavy atom. The van der Waals surface area contributed by atoms with E-state index in [0.29, 0.717) is 11.5 Å². The van der Waals surface area contributed by atoms with E-state index < -0.39 is 10.0 Å². The summed E-state index contributed by atoms with van der Waals surface area (Å²) in [7, 11) is -3.47.